The quantitative estimate of drug-likeness (QED) is 0.499. The Labute approximate surface area is 150 Å². The van der Waals surface area contributed by atoms with Crippen LogP contribution in [-0.4, -0.2) is 19.7 Å². The van der Waals surface area contributed by atoms with E-state index in [9.17, 15) is 0 Å². The molecule has 2 heterocycles. The smallest absolute Gasteiger partial charge is 0.161 e. The molecule has 0 unspecified atom stereocenters. The topological polar surface area (TPSA) is 46.5 Å². The standard InChI is InChI=1S/C22H16N4/c1-3-9-16(10-4-1)19-15-21(25-24-19)26-20-14-8-7-13-18(20)23-22(26)17-11-5-2-6-12-17/h1-15H,(H,24,25). The minimum Gasteiger partial charge on any atom is -0.276 e. The van der Waals surface area contributed by atoms with E-state index in [0.29, 0.717) is 0 Å². The van der Waals surface area contributed by atoms with E-state index in [1.54, 1.807) is 0 Å². The van der Waals surface area contributed by atoms with E-state index in [2.05, 4.69) is 51.2 Å². The molecular weight excluding hydrogens is 320 g/mol. The van der Waals surface area contributed by atoms with Gasteiger partial charge in [0.1, 0.15) is 5.82 Å². The summed E-state index contributed by atoms with van der Waals surface area (Å²) in [5.74, 6) is 1.72. The molecule has 124 valence electrons. The number of aromatic amines is 1. The Morgan fingerprint density at radius 3 is 2.12 bits per heavy atom. The lowest BCUT2D eigenvalue weighted by atomic mass is 10.1. The zero-order valence-electron chi connectivity index (χ0n) is 14.0. The van der Waals surface area contributed by atoms with E-state index in [-0.39, 0.29) is 0 Å². The Morgan fingerprint density at radius 2 is 1.35 bits per heavy atom. The van der Waals surface area contributed by atoms with Crippen LogP contribution in [0.2, 0.25) is 0 Å². The molecular formula is C22H16N4. The summed E-state index contributed by atoms with van der Waals surface area (Å²) < 4.78 is 2.10. The molecule has 26 heavy (non-hydrogen) atoms. The molecule has 0 spiro atoms. The van der Waals surface area contributed by atoms with Gasteiger partial charge in [0.2, 0.25) is 0 Å². The first-order chi connectivity index (χ1) is 12.9. The first-order valence-electron chi connectivity index (χ1n) is 8.54. The average Bonchev–Trinajstić information content (AvgIpc) is 3.34. The van der Waals surface area contributed by atoms with Crippen LogP contribution >= 0.6 is 0 Å². The predicted octanol–water partition coefficient (Wildman–Crippen LogP) is 5.08. The third-order valence-corrected chi connectivity index (χ3v) is 4.47. The number of nitrogens with zero attached hydrogens (tertiary/aromatic N) is 3. The number of aromatic nitrogens is 4. The van der Waals surface area contributed by atoms with Crippen molar-refractivity contribution in [2.75, 3.05) is 0 Å². The maximum absolute atomic E-state index is 4.85. The van der Waals surface area contributed by atoms with Crippen molar-refractivity contribution in [3.05, 3.63) is 91.0 Å². The minimum atomic E-state index is 0.830. The lowest BCUT2D eigenvalue weighted by Gasteiger charge is -2.05. The molecule has 0 radical (unpaired) electrons. The van der Waals surface area contributed by atoms with Crippen molar-refractivity contribution in [3.8, 4) is 28.5 Å². The molecule has 0 aliphatic heterocycles. The molecule has 2 aromatic heterocycles. The molecule has 0 fully saturated rings. The zero-order chi connectivity index (χ0) is 17.3. The summed E-state index contributed by atoms with van der Waals surface area (Å²) in [6.45, 7) is 0. The van der Waals surface area contributed by atoms with E-state index in [1.165, 1.54) is 0 Å². The van der Waals surface area contributed by atoms with E-state index in [4.69, 9.17) is 4.98 Å². The molecule has 1 N–H and O–H groups in total. The number of hydrogen-bond acceptors (Lipinski definition) is 2. The SMILES string of the molecule is c1ccc(-c2cc(-n3c(-c4ccccc4)nc4ccccc43)n[nH]2)cc1. The molecule has 0 amide bonds. The highest BCUT2D eigenvalue weighted by Crippen LogP contribution is 2.29. The van der Waals surface area contributed by atoms with Crippen molar-refractivity contribution in [1.82, 2.24) is 19.7 Å². The molecule has 0 aliphatic carbocycles. The first kappa shape index (κ1) is 14.7. The Hall–Kier alpha value is -3.66. The number of nitrogens with one attached hydrogen (secondary N) is 1. The monoisotopic (exact) mass is 336 g/mol. The van der Waals surface area contributed by atoms with Crippen LogP contribution in [-0.2, 0) is 0 Å². The van der Waals surface area contributed by atoms with Gasteiger partial charge in [-0.15, -0.1) is 0 Å². The van der Waals surface area contributed by atoms with Crippen LogP contribution in [0.15, 0.2) is 91.0 Å². The summed E-state index contributed by atoms with van der Waals surface area (Å²) in [4.78, 5) is 4.85. The van der Waals surface area contributed by atoms with Crippen LogP contribution in [0.1, 0.15) is 0 Å². The summed E-state index contributed by atoms with van der Waals surface area (Å²) >= 11 is 0. The molecule has 4 heteroatoms. The fraction of sp³-hybridized carbons (Fsp3) is 0. The van der Waals surface area contributed by atoms with E-state index >= 15 is 0 Å². The molecule has 0 atom stereocenters. The van der Waals surface area contributed by atoms with Gasteiger partial charge in [-0.25, -0.2) is 4.98 Å². The lowest BCUT2D eigenvalue weighted by molar-refractivity contribution is 0.984. The van der Waals surface area contributed by atoms with Crippen LogP contribution < -0.4 is 0 Å². The number of para-hydroxylation sites is 2. The Balaban J connectivity index is 1.73. The van der Waals surface area contributed by atoms with Gasteiger partial charge in [0.25, 0.3) is 0 Å². The van der Waals surface area contributed by atoms with Gasteiger partial charge in [-0.05, 0) is 17.7 Å². The van der Waals surface area contributed by atoms with Gasteiger partial charge < -0.3 is 0 Å². The van der Waals surface area contributed by atoms with Gasteiger partial charge in [-0.3, -0.25) is 9.67 Å². The average molecular weight is 336 g/mol. The van der Waals surface area contributed by atoms with Crippen molar-refractivity contribution in [1.29, 1.82) is 0 Å². The molecule has 5 rings (SSSR count). The van der Waals surface area contributed by atoms with Crippen LogP contribution in [0.4, 0.5) is 0 Å². The molecule has 3 aromatic carbocycles. The summed E-state index contributed by atoms with van der Waals surface area (Å²) in [7, 11) is 0. The number of imidazole rings is 1. The third kappa shape index (κ3) is 2.40. The van der Waals surface area contributed by atoms with Crippen LogP contribution in [0.25, 0.3) is 39.5 Å². The molecule has 0 aliphatic rings. The largest absolute Gasteiger partial charge is 0.276 e. The fourth-order valence-corrected chi connectivity index (χ4v) is 3.23. The third-order valence-electron chi connectivity index (χ3n) is 4.47. The van der Waals surface area contributed by atoms with Crippen molar-refractivity contribution in [2.45, 2.75) is 0 Å². The van der Waals surface area contributed by atoms with Gasteiger partial charge in [0.05, 0.1) is 16.7 Å². The summed E-state index contributed by atoms with van der Waals surface area (Å²) in [6, 6.07) is 30.6. The second-order valence-electron chi connectivity index (χ2n) is 6.13. The molecule has 0 saturated carbocycles. The number of benzene rings is 3. The van der Waals surface area contributed by atoms with Gasteiger partial charge in [0, 0.05) is 11.6 Å². The Kier molecular flexibility index (Phi) is 3.39. The van der Waals surface area contributed by atoms with Gasteiger partial charge in [-0.1, -0.05) is 72.8 Å². The second kappa shape index (κ2) is 6.01. The maximum Gasteiger partial charge on any atom is 0.161 e. The van der Waals surface area contributed by atoms with Crippen LogP contribution in [0.5, 0.6) is 0 Å². The molecule has 5 aromatic rings. The lowest BCUT2D eigenvalue weighted by Crippen LogP contribution is -1.97. The van der Waals surface area contributed by atoms with Gasteiger partial charge >= 0.3 is 0 Å². The fourth-order valence-electron chi connectivity index (χ4n) is 3.23. The van der Waals surface area contributed by atoms with E-state index in [0.717, 1.165) is 39.5 Å². The molecule has 0 saturated heterocycles. The normalized spacial score (nSPS) is 11.1. The van der Waals surface area contributed by atoms with E-state index in [1.807, 2.05) is 54.6 Å². The molecule has 0 bridgehead atoms. The highest BCUT2D eigenvalue weighted by molar-refractivity contribution is 5.83. The summed E-state index contributed by atoms with van der Waals surface area (Å²) in [6.07, 6.45) is 0. The summed E-state index contributed by atoms with van der Waals surface area (Å²) in [5.41, 5.74) is 5.15. The predicted molar refractivity (Wildman–Crippen MR) is 104 cm³/mol. The van der Waals surface area contributed by atoms with Crippen molar-refractivity contribution in [2.24, 2.45) is 0 Å². The highest BCUT2D eigenvalue weighted by Gasteiger charge is 2.16. The number of fused-ring (bicyclic) bond motifs is 1. The first-order valence-corrected chi connectivity index (χ1v) is 8.54. The van der Waals surface area contributed by atoms with E-state index < -0.39 is 0 Å². The van der Waals surface area contributed by atoms with Crippen LogP contribution in [0.3, 0.4) is 0 Å². The summed E-state index contributed by atoms with van der Waals surface area (Å²) in [5, 5.41) is 7.72. The van der Waals surface area contributed by atoms with Gasteiger partial charge in [-0.2, -0.15) is 5.10 Å². The minimum absolute atomic E-state index is 0.830. The van der Waals surface area contributed by atoms with Crippen molar-refractivity contribution in [3.63, 3.8) is 0 Å². The Morgan fingerprint density at radius 1 is 0.692 bits per heavy atom. The number of hydrogen-bond donors (Lipinski definition) is 1. The number of H-pyrrole nitrogens is 1. The van der Waals surface area contributed by atoms with Crippen molar-refractivity contribution < 1.29 is 0 Å². The highest BCUT2D eigenvalue weighted by atomic mass is 15.2. The molecule has 4 nitrogen and oxygen atoms in total. The second-order valence-corrected chi connectivity index (χ2v) is 6.13. The van der Waals surface area contributed by atoms with Crippen LogP contribution in [0, 0.1) is 0 Å². The maximum atomic E-state index is 4.85. The van der Waals surface area contributed by atoms with Gasteiger partial charge in [0.15, 0.2) is 5.82 Å². The Bertz CT molecular complexity index is 1170. The zero-order valence-corrected chi connectivity index (χ0v) is 14.0. The number of rotatable bonds is 3. The van der Waals surface area contributed by atoms with Crippen molar-refractivity contribution >= 4 is 11.0 Å².